The van der Waals surface area contributed by atoms with Crippen LogP contribution in [0.4, 0.5) is 4.79 Å². The molecular formula is C23H33N3O5S. The first-order chi connectivity index (χ1) is 15.3. The van der Waals surface area contributed by atoms with E-state index < -0.39 is 24.2 Å². The maximum Gasteiger partial charge on any atom is 0.356 e. The Kier molecular flexibility index (Phi) is 10.6. The van der Waals surface area contributed by atoms with Crippen molar-refractivity contribution in [3.8, 4) is 0 Å². The number of carbonyl (C=O) groups is 3. The van der Waals surface area contributed by atoms with Crippen molar-refractivity contribution in [3.63, 3.8) is 0 Å². The molecule has 0 fully saturated rings. The zero-order valence-electron chi connectivity index (χ0n) is 19.2. The van der Waals surface area contributed by atoms with Gasteiger partial charge in [-0.15, -0.1) is 0 Å². The van der Waals surface area contributed by atoms with Crippen LogP contribution in [-0.2, 0) is 24.9 Å². The number of hydrogen-bond donors (Lipinski definition) is 0. The predicted octanol–water partition coefficient (Wildman–Crippen LogP) is 3.29. The summed E-state index contributed by atoms with van der Waals surface area (Å²) < 4.78 is 5.59. The lowest BCUT2D eigenvalue weighted by Gasteiger charge is -2.37. The van der Waals surface area contributed by atoms with Gasteiger partial charge in [-0.25, -0.2) is 14.4 Å². The summed E-state index contributed by atoms with van der Waals surface area (Å²) in [6.07, 6.45) is 1.22. The number of esters is 1. The fraction of sp³-hybridized carbons (Fsp3) is 0.522. The number of hydroxylamine groups is 2. The zero-order valence-corrected chi connectivity index (χ0v) is 20.0. The minimum absolute atomic E-state index is 0.209. The van der Waals surface area contributed by atoms with E-state index in [0.29, 0.717) is 18.1 Å². The number of benzene rings is 1. The lowest BCUT2D eigenvalue weighted by molar-refractivity contribution is -0.179. The molecule has 1 unspecified atom stereocenters. The minimum Gasteiger partial charge on any atom is -0.437 e. The molecule has 0 spiro atoms. The van der Waals surface area contributed by atoms with Crippen molar-refractivity contribution in [1.82, 2.24) is 14.9 Å². The third-order valence-electron chi connectivity index (χ3n) is 4.99. The highest BCUT2D eigenvalue weighted by atomic mass is 32.2. The fourth-order valence-corrected chi connectivity index (χ4v) is 4.21. The lowest BCUT2D eigenvalue weighted by atomic mass is 10.2. The third kappa shape index (κ3) is 7.87. The van der Waals surface area contributed by atoms with Crippen molar-refractivity contribution in [2.75, 3.05) is 31.9 Å². The van der Waals surface area contributed by atoms with E-state index in [-0.39, 0.29) is 12.6 Å². The molecule has 9 heteroatoms. The largest absolute Gasteiger partial charge is 0.437 e. The van der Waals surface area contributed by atoms with Crippen LogP contribution in [0.3, 0.4) is 0 Å². The quantitative estimate of drug-likeness (QED) is 0.493. The van der Waals surface area contributed by atoms with Crippen LogP contribution in [0.15, 0.2) is 42.5 Å². The molecule has 0 bridgehead atoms. The molecule has 32 heavy (non-hydrogen) atoms. The number of amides is 2. The third-order valence-corrected chi connectivity index (χ3v) is 6.05. The number of rotatable bonds is 10. The van der Waals surface area contributed by atoms with E-state index in [1.807, 2.05) is 58.0 Å². The maximum absolute atomic E-state index is 13.4. The Labute approximate surface area is 194 Å². The molecule has 0 saturated heterocycles. The van der Waals surface area contributed by atoms with Gasteiger partial charge in [0.15, 0.2) is 6.23 Å². The Morgan fingerprint density at radius 2 is 1.69 bits per heavy atom. The van der Waals surface area contributed by atoms with Crippen LogP contribution < -0.4 is 0 Å². The first-order valence-electron chi connectivity index (χ1n) is 10.9. The highest BCUT2D eigenvalue weighted by molar-refractivity contribution is 7.98. The number of thioether (sulfide) groups is 1. The smallest absolute Gasteiger partial charge is 0.356 e. The molecule has 1 atom stereocenters. The molecular weight excluding hydrogens is 430 g/mol. The number of nitrogens with zero attached hydrogens (tertiary/aromatic N) is 3. The van der Waals surface area contributed by atoms with Gasteiger partial charge in [0, 0.05) is 30.5 Å². The van der Waals surface area contributed by atoms with Crippen molar-refractivity contribution < 1.29 is 24.0 Å². The molecule has 1 aliphatic rings. The van der Waals surface area contributed by atoms with Crippen LogP contribution in [-0.4, -0.2) is 77.0 Å². The van der Waals surface area contributed by atoms with Gasteiger partial charge in [0.25, 0.3) is 0 Å². The van der Waals surface area contributed by atoms with E-state index in [0.717, 1.165) is 35.9 Å². The summed E-state index contributed by atoms with van der Waals surface area (Å²) in [5.74, 6) is -0.389. The number of likely N-dealkylation sites (N-methyl/N-ethyl adjacent to an activating group) is 1. The van der Waals surface area contributed by atoms with Crippen LogP contribution in [0, 0.1) is 0 Å². The Morgan fingerprint density at radius 3 is 2.31 bits per heavy atom. The van der Waals surface area contributed by atoms with E-state index in [4.69, 9.17) is 9.57 Å². The second kappa shape index (κ2) is 13.1. The predicted molar refractivity (Wildman–Crippen MR) is 125 cm³/mol. The molecule has 2 rings (SSSR count). The number of ether oxygens (including phenoxy) is 1. The van der Waals surface area contributed by atoms with E-state index in [1.54, 1.807) is 11.8 Å². The molecule has 176 valence electrons. The van der Waals surface area contributed by atoms with Crippen molar-refractivity contribution in [3.05, 3.63) is 48.0 Å². The minimum atomic E-state index is -0.805. The van der Waals surface area contributed by atoms with Gasteiger partial charge in [-0.3, -0.25) is 4.90 Å². The van der Waals surface area contributed by atoms with Crippen molar-refractivity contribution in [2.24, 2.45) is 0 Å². The second-order valence-corrected chi connectivity index (χ2v) is 8.58. The second-order valence-electron chi connectivity index (χ2n) is 7.55. The van der Waals surface area contributed by atoms with Crippen LogP contribution in [0.5, 0.6) is 0 Å². The first kappa shape index (κ1) is 25.7. The van der Waals surface area contributed by atoms with Crippen LogP contribution in [0.1, 0.15) is 33.3 Å². The molecule has 1 aromatic rings. The Morgan fingerprint density at radius 1 is 1.03 bits per heavy atom. The SMILES string of the molecule is CCN(CC)CCN1OC(=O)/C=C\C(=O)OC(CSCc2ccccc2)N(C(C)C)C1=O. The summed E-state index contributed by atoms with van der Waals surface area (Å²) in [5, 5.41) is 1.07. The molecule has 8 nitrogen and oxygen atoms in total. The van der Waals surface area contributed by atoms with Crippen LogP contribution in [0.2, 0.25) is 0 Å². The van der Waals surface area contributed by atoms with Crippen molar-refractivity contribution in [1.29, 1.82) is 0 Å². The van der Waals surface area contributed by atoms with E-state index in [2.05, 4.69) is 4.90 Å². The number of urea groups is 1. The molecule has 1 heterocycles. The van der Waals surface area contributed by atoms with Gasteiger partial charge in [-0.1, -0.05) is 44.2 Å². The van der Waals surface area contributed by atoms with Gasteiger partial charge in [0.2, 0.25) is 0 Å². The average molecular weight is 464 g/mol. The summed E-state index contributed by atoms with van der Waals surface area (Å²) in [7, 11) is 0. The molecule has 1 aliphatic heterocycles. The van der Waals surface area contributed by atoms with Crippen LogP contribution >= 0.6 is 11.8 Å². The monoisotopic (exact) mass is 463 g/mol. The van der Waals surface area contributed by atoms with E-state index in [1.165, 1.54) is 4.90 Å². The summed E-state index contributed by atoms with van der Waals surface area (Å²) in [6.45, 7) is 10.1. The van der Waals surface area contributed by atoms with Gasteiger partial charge in [0.1, 0.15) is 0 Å². The van der Waals surface area contributed by atoms with E-state index in [9.17, 15) is 14.4 Å². The maximum atomic E-state index is 13.4. The zero-order chi connectivity index (χ0) is 23.5. The van der Waals surface area contributed by atoms with Gasteiger partial charge >= 0.3 is 18.0 Å². The lowest BCUT2D eigenvalue weighted by Crippen LogP contribution is -2.55. The topological polar surface area (TPSA) is 79.4 Å². The molecule has 0 N–H and O–H groups in total. The molecule has 0 radical (unpaired) electrons. The molecule has 0 aliphatic carbocycles. The highest BCUT2D eigenvalue weighted by Gasteiger charge is 2.34. The first-order valence-corrected chi connectivity index (χ1v) is 12.1. The summed E-state index contributed by atoms with van der Waals surface area (Å²) >= 11 is 1.56. The number of hydrogen-bond acceptors (Lipinski definition) is 7. The average Bonchev–Trinajstić information content (AvgIpc) is 2.77. The number of carbonyl (C=O) groups excluding carboxylic acids is 3. The molecule has 1 aromatic carbocycles. The summed E-state index contributed by atoms with van der Waals surface area (Å²) in [4.78, 5) is 46.7. The fourth-order valence-electron chi connectivity index (χ4n) is 3.23. The van der Waals surface area contributed by atoms with Gasteiger partial charge in [-0.2, -0.15) is 16.8 Å². The van der Waals surface area contributed by atoms with Gasteiger partial charge in [-0.05, 0) is 32.5 Å². The normalized spacial score (nSPS) is 18.7. The van der Waals surface area contributed by atoms with Crippen molar-refractivity contribution in [2.45, 2.75) is 45.7 Å². The van der Waals surface area contributed by atoms with Gasteiger partial charge in [0.05, 0.1) is 12.3 Å². The number of cyclic esters (lactones) is 1. The highest BCUT2D eigenvalue weighted by Crippen LogP contribution is 2.20. The van der Waals surface area contributed by atoms with E-state index >= 15 is 0 Å². The molecule has 0 saturated carbocycles. The molecule has 2 amide bonds. The Hall–Kier alpha value is -2.52. The summed E-state index contributed by atoms with van der Waals surface area (Å²) in [6, 6.07) is 9.15. The van der Waals surface area contributed by atoms with Crippen molar-refractivity contribution >= 4 is 29.7 Å². The summed E-state index contributed by atoms with van der Waals surface area (Å²) in [5.41, 5.74) is 1.14. The Balaban J connectivity index is 2.22. The van der Waals surface area contributed by atoms with Crippen LogP contribution in [0.25, 0.3) is 0 Å². The molecule has 0 aromatic heterocycles. The Bertz CT molecular complexity index is 783. The standard InChI is InChI=1S/C23H33N3O5S/c1-5-24(6-2)14-15-25-23(29)26(18(3)4)20(30-21(27)12-13-22(28)31-25)17-32-16-19-10-8-7-9-11-19/h7-13,18,20H,5-6,14-17H2,1-4H3/b13-12-. The van der Waals surface area contributed by atoms with Gasteiger partial charge < -0.3 is 14.5 Å².